The largest absolute Gasteiger partial charge is 0.369 e. The first-order valence-corrected chi connectivity index (χ1v) is 5.69. The summed E-state index contributed by atoms with van der Waals surface area (Å²) in [6.07, 6.45) is 0.815. The molecule has 1 atom stereocenters. The Hall–Kier alpha value is -0.960. The molecule has 0 saturated carbocycles. The maximum Gasteiger partial charge on any atom is 0.221 e. The minimum absolute atomic E-state index is 0.0137. The number of hydrogen-bond donors (Lipinski definition) is 1. The van der Waals surface area contributed by atoms with Crippen LogP contribution in [0.15, 0.2) is 35.2 Å². The van der Waals surface area contributed by atoms with Crippen molar-refractivity contribution in [2.24, 2.45) is 11.7 Å². The minimum atomic E-state index is -0.198. The molecule has 1 unspecified atom stereocenters. The molecule has 0 bridgehead atoms. The molecule has 0 heterocycles. The molecule has 2 nitrogen and oxygen atoms in total. The van der Waals surface area contributed by atoms with E-state index in [0.717, 1.165) is 12.2 Å². The standard InChI is InChI=1S/C11H15NOS/c1-2-9(11(12)13)8-14-10-6-4-3-5-7-10/h3-7,9H,2,8H2,1H3,(H2,12,13). The summed E-state index contributed by atoms with van der Waals surface area (Å²) in [6.45, 7) is 1.99. The number of primary amides is 1. The molecule has 14 heavy (non-hydrogen) atoms. The number of benzene rings is 1. The Kier molecular flexibility index (Phi) is 4.53. The molecule has 1 aromatic rings. The van der Waals surface area contributed by atoms with Gasteiger partial charge in [0.2, 0.25) is 5.91 Å². The fourth-order valence-corrected chi connectivity index (χ4v) is 2.26. The Labute approximate surface area is 88.9 Å². The van der Waals surface area contributed by atoms with Crippen LogP contribution in [0.25, 0.3) is 0 Å². The Morgan fingerprint density at radius 2 is 2.07 bits per heavy atom. The van der Waals surface area contributed by atoms with Crippen LogP contribution in [0.5, 0.6) is 0 Å². The molecule has 0 aliphatic rings. The van der Waals surface area contributed by atoms with Gasteiger partial charge in [0.05, 0.1) is 0 Å². The molecule has 0 fully saturated rings. The summed E-state index contributed by atoms with van der Waals surface area (Å²) in [7, 11) is 0. The fourth-order valence-electron chi connectivity index (χ4n) is 1.11. The van der Waals surface area contributed by atoms with Crippen molar-refractivity contribution in [1.82, 2.24) is 0 Å². The summed E-state index contributed by atoms with van der Waals surface area (Å²) in [5.74, 6) is 0.562. The predicted octanol–water partition coefficient (Wildman–Crippen LogP) is 2.29. The van der Waals surface area contributed by atoms with Crippen LogP contribution >= 0.6 is 11.8 Å². The third kappa shape index (κ3) is 3.42. The molecule has 1 aromatic carbocycles. The summed E-state index contributed by atoms with van der Waals surface area (Å²) < 4.78 is 0. The highest BCUT2D eigenvalue weighted by molar-refractivity contribution is 7.99. The van der Waals surface area contributed by atoms with Crippen molar-refractivity contribution in [2.75, 3.05) is 5.75 Å². The topological polar surface area (TPSA) is 43.1 Å². The summed E-state index contributed by atoms with van der Waals surface area (Å²) >= 11 is 1.68. The van der Waals surface area contributed by atoms with Gasteiger partial charge in [0.25, 0.3) is 0 Å². The lowest BCUT2D eigenvalue weighted by molar-refractivity contribution is -0.121. The monoisotopic (exact) mass is 209 g/mol. The molecule has 2 N–H and O–H groups in total. The highest BCUT2D eigenvalue weighted by Crippen LogP contribution is 2.21. The number of thioether (sulfide) groups is 1. The number of rotatable bonds is 5. The number of amides is 1. The zero-order valence-corrected chi connectivity index (χ0v) is 9.09. The second-order valence-electron chi connectivity index (χ2n) is 3.13. The average Bonchev–Trinajstić information content (AvgIpc) is 2.20. The Balaban J connectivity index is 2.44. The van der Waals surface area contributed by atoms with Gasteiger partial charge in [-0.05, 0) is 18.6 Å². The van der Waals surface area contributed by atoms with Gasteiger partial charge in [0.15, 0.2) is 0 Å². The van der Waals surface area contributed by atoms with E-state index in [9.17, 15) is 4.79 Å². The first-order chi connectivity index (χ1) is 6.74. The quantitative estimate of drug-likeness (QED) is 0.756. The van der Waals surface area contributed by atoms with Crippen LogP contribution in [0.4, 0.5) is 0 Å². The van der Waals surface area contributed by atoms with Crippen molar-refractivity contribution in [3.8, 4) is 0 Å². The minimum Gasteiger partial charge on any atom is -0.369 e. The molecule has 76 valence electrons. The van der Waals surface area contributed by atoms with E-state index in [1.165, 1.54) is 4.90 Å². The fraction of sp³-hybridized carbons (Fsp3) is 0.364. The zero-order valence-electron chi connectivity index (χ0n) is 8.27. The second kappa shape index (κ2) is 5.70. The average molecular weight is 209 g/mol. The van der Waals surface area contributed by atoms with E-state index in [2.05, 4.69) is 0 Å². The molecule has 0 aliphatic heterocycles. The number of carbonyl (C=O) groups excluding carboxylic acids is 1. The molecule has 0 aromatic heterocycles. The summed E-state index contributed by atoms with van der Waals surface area (Å²) in [5.41, 5.74) is 5.26. The van der Waals surface area contributed by atoms with Gasteiger partial charge < -0.3 is 5.73 Å². The van der Waals surface area contributed by atoms with E-state index >= 15 is 0 Å². The molecular weight excluding hydrogens is 194 g/mol. The highest BCUT2D eigenvalue weighted by Gasteiger charge is 2.12. The smallest absolute Gasteiger partial charge is 0.221 e. The van der Waals surface area contributed by atoms with Crippen molar-refractivity contribution < 1.29 is 4.79 Å². The van der Waals surface area contributed by atoms with E-state index in [1.807, 2.05) is 37.3 Å². The SMILES string of the molecule is CCC(CSc1ccccc1)C(N)=O. The summed E-state index contributed by atoms with van der Waals surface area (Å²) in [6, 6.07) is 10.0. The van der Waals surface area contributed by atoms with Gasteiger partial charge in [-0.25, -0.2) is 0 Å². The van der Waals surface area contributed by atoms with Crippen LogP contribution in [0.2, 0.25) is 0 Å². The highest BCUT2D eigenvalue weighted by atomic mass is 32.2. The lowest BCUT2D eigenvalue weighted by Crippen LogP contribution is -2.24. The van der Waals surface area contributed by atoms with Crippen LogP contribution in [0.3, 0.4) is 0 Å². The number of nitrogens with two attached hydrogens (primary N) is 1. The first kappa shape index (κ1) is 11.1. The van der Waals surface area contributed by atoms with Crippen molar-refractivity contribution in [2.45, 2.75) is 18.2 Å². The Morgan fingerprint density at radius 3 is 2.57 bits per heavy atom. The van der Waals surface area contributed by atoms with Gasteiger partial charge >= 0.3 is 0 Å². The molecule has 0 aliphatic carbocycles. The number of carbonyl (C=O) groups is 1. The van der Waals surface area contributed by atoms with Crippen molar-refractivity contribution in [3.63, 3.8) is 0 Å². The Morgan fingerprint density at radius 1 is 1.43 bits per heavy atom. The van der Waals surface area contributed by atoms with Gasteiger partial charge in [-0.1, -0.05) is 25.1 Å². The van der Waals surface area contributed by atoms with Crippen LogP contribution in [0.1, 0.15) is 13.3 Å². The van der Waals surface area contributed by atoms with Crippen LogP contribution in [0, 0.1) is 5.92 Å². The molecule has 1 amide bonds. The van der Waals surface area contributed by atoms with Gasteiger partial charge in [0.1, 0.15) is 0 Å². The molecule has 0 spiro atoms. The van der Waals surface area contributed by atoms with E-state index in [1.54, 1.807) is 11.8 Å². The van der Waals surface area contributed by atoms with Crippen molar-refractivity contribution in [1.29, 1.82) is 0 Å². The molecule has 0 radical (unpaired) electrons. The summed E-state index contributed by atoms with van der Waals surface area (Å²) in [4.78, 5) is 12.1. The second-order valence-corrected chi connectivity index (χ2v) is 4.23. The van der Waals surface area contributed by atoms with E-state index in [0.29, 0.717) is 0 Å². The van der Waals surface area contributed by atoms with Crippen LogP contribution in [-0.2, 0) is 4.79 Å². The van der Waals surface area contributed by atoms with Gasteiger partial charge in [0, 0.05) is 16.6 Å². The van der Waals surface area contributed by atoms with E-state index in [4.69, 9.17) is 5.73 Å². The molecular formula is C11H15NOS. The molecule has 1 rings (SSSR count). The number of hydrogen-bond acceptors (Lipinski definition) is 2. The predicted molar refractivity (Wildman–Crippen MR) is 60.1 cm³/mol. The van der Waals surface area contributed by atoms with Crippen LogP contribution in [-0.4, -0.2) is 11.7 Å². The maximum atomic E-state index is 11.0. The normalized spacial score (nSPS) is 12.4. The zero-order chi connectivity index (χ0) is 10.4. The third-order valence-corrected chi connectivity index (χ3v) is 3.26. The molecule has 3 heteroatoms. The van der Waals surface area contributed by atoms with Crippen molar-refractivity contribution in [3.05, 3.63) is 30.3 Å². The maximum absolute atomic E-state index is 11.0. The van der Waals surface area contributed by atoms with Gasteiger partial charge in [-0.2, -0.15) is 0 Å². The Bertz CT molecular complexity index is 287. The first-order valence-electron chi connectivity index (χ1n) is 4.71. The molecule has 0 saturated heterocycles. The van der Waals surface area contributed by atoms with Crippen LogP contribution < -0.4 is 5.73 Å². The van der Waals surface area contributed by atoms with Gasteiger partial charge in [-0.15, -0.1) is 11.8 Å². The van der Waals surface area contributed by atoms with E-state index < -0.39 is 0 Å². The lowest BCUT2D eigenvalue weighted by atomic mass is 10.1. The summed E-state index contributed by atoms with van der Waals surface area (Å²) in [5, 5.41) is 0. The van der Waals surface area contributed by atoms with Gasteiger partial charge in [-0.3, -0.25) is 4.79 Å². The van der Waals surface area contributed by atoms with E-state index in [-0.39, 0.29) is 11.8 Å². The lowest BCUT2D eigenvalue weighted by Gasteiger charge is -2.09. The third-order valence-electron chi connectivity index (χ3n) is 2.09. The van der Waals surface area contributed by atoms with Crippen molar-refractivity contribution >= 4 is 17.7 Å².